The van der Waals surface area contributed by atoms with Crippen molar-refractivity contribution in [2.45, 2.75) is 18.6 Å². The SMILES string of the molecule is O=C(Nc1cccnc1)N1CCc2nccnc2[C@H]1c1ccc(C(F)(F)F)cc1. The summed E-state index contributed by atoms with van der Waals surface area (Å²) >= 11 is 0. The molecule has 1 aromatic carbocycles. The van der Waals surface area contributed by atoms with Crippen LogP contribution in [0.1, 0.15) is 28.6 Å². The number of aromatic nitrogens is 3. The van der Waals surface area contributed by atoms with Crippen molar-refractivity contribution in [2.24, 2.45) is 0 Å². The second-order valence-corrected chi connectivity index (χ2v) is 6.53. The zero-order valence-electron chi connectivity index (χ0n) is 15.1. The van der Waals surface area contributed by atoms with Gasteiger partial charge in [-0.3, -0.25) is 15.0 Å². The van der Waals surface area contributed by atoms with E-state index >= 15 is 0 Å². The van der Waals surface area contributed by atoms with Gasteiger partial charge in [0.05, 0.1) is 28.8 Å². The van der Waals surface area contributed by atoms with E-state index < -0.39 is 17.8 Å². The number of benzene rings is 1. The minimum atomic E-state index is -4.43. The number of anilines is 1. The quantitative estimate of drug-likeness (QED) is 0.705. The molecule has 0 radical (unpaired) electrons. The van der Waals surface area contributed by atoms with Gasteiger partial charge < -0.3 is 10.2 Å². The zero-order chi connectivity index (χ0) is 20.4. The van der Waals surface area contributed by atoms with Gasteiger partial charge >= 0.3 is 12.2 Å². The molecule has 0 saturated carbocycles. The van der Waals surface area contributed by atoms with E-state index in [1.54, 1.807) is 29.4 Å². The number of nitrogens with one attached hydrogen (secondary N) is 1. The summed E-state index contributed by atoms with van der Waals surface area (Å²) in [6.45, 7) is 0.351. The molecule has 6 nitrogen and oxygen atoms in total. The molecular formula is C20H16F3N5O. The first kappa shape index (κ1) is 18.9. The van der Waals surface area contributed by atoms with Crippen LogP contribution in [0, 0.1) is 0 Å². The van der Waals surface area contributed by atoms with Crippen molar-refractivity contribution in [3.63, 3.8) is 0 Å². The van der Waals surface area contributed by atoms with Crippen LogP contribution in [-0.4, -0.2) is 32.4 Å². The molecule has 29 heavy (non-hydrogen) atoms. The fourth-order valence-electron chi connectivity index (χ4n) is 3.34. The van der Waals surface area contributed by atoms with Crippen molar-refractivity contribution in [1.82, 2.24) is 19.9 Å². The van der Waals surface area contributed by atoms with Crippen molar-refractivity contribution in [3.05, 3.63) is 83.7 Å². The van der Waals surface area contributed by atoms with Gasteiger partial charge in [0.25, 0.3) is 0 Å². The Morgan fingerprint density at radius 3 is 2.52 bits per heavy atom. The fraction of sp³-hybridized carbons (Fsp3) is 0.200. The van der Waals surface area contributed by atoms with E-state index in [2.05, 4.69) is 20.3 Å². The lowest BCUT2D eigenvalue weighted by Gasteiger charge is -2.36. The van der Waals surface area contributed by atoms with E-state index in [4.69, 9.17) is 0 Å². The molecule has 0 bridgehead atoms. The summed E-state index contributed by atoms with van der Waals surface area (Å²) < 4.78 is 38.8. The summed E-state index contributed by atoms with van der Waals surface area (Å²) in [4.78, 5) is 27.1. The molecule has 9 heteroatoms. The molecule has 2 aromatic heterocycles. The Morgan fingerprint density at radius 1 is 1.07 bits per heavy atom. The van der Waals surface area contributed by atoms with Gasteiger partial charge in [0.1, 0.15) is 6.04 Å². The van der Waals surface area contributed by atoms with Crippen molar-refractivity contribution >= 4 is 11.7 Å². The Balaban J connectivity index is 1.70. The highest BCUT2D eigenvalue weighted by molar-refractivity contribution is 5.89. The van der Waals surface area contributed by atoms with Gasteiger partial charge in [-0.2, -0.15) is 13.2 Å². The van der Waals surface area contributed by atoms with Crippen molar-refractivity contribution < 1.29 is 18.0 Å². The Morgan fingerprint density at radius 2 is 1.83 bits per heavy atom. The van der Waals surface area contributed by atoms with Gasteiger partial charge in [-0.15, -0.1) is 0 Å². The number of carbonyl (C=O) groups excluding carboxylic acids is 1. The third-order valence-corrected chi connectivity index (χ3v) is 4.69. The molecule has 148 valence electrons. The van der Waals surface area contributed by atoms with E-state index in [1.165, 1.54) is 24.5 Å². The van der Waals surface area contributed by atoms with Crippen LogP contribution in [0.25, 0.3) is 0 Å². The fourth-order valence-corrected chi connectivity index (χ4v) is 3.34. The molecule has 0 aliphatic carbocycles. The highest BCUT2D eigenvalue weighted by atomic mass is 19.4. The number of carbonyl (C=O) groups is 1. The van der Waals surface area contributed by atoms with Gasteiger partial charge in [0, 0.05) is 31.6 Å². The highest BCUT2D eigenvalue weighted by Gasteiger charge is 2.35. The number of pyridine rings is 1. The standard InChI is InChI=1S/C20H16F3N5O/c21-20(22,23)14-5-3-13(4-6-14)18-17-16(25-9-10-26-17)7-11-28(18)19(29)27-15-2-1-8-24-12-15/h1-6,8-10,12,18H,7,11H2,(H,27,29)/t18-/m1/s1. The van der Waals surface area contributed by atoms with E-state index in [1.807, 2.05) is 0 Å². The largest absolute Gasteiger partial charge is 0.416 e. The average Bonchev–Trinajstić information content (AvgIpc) is 2.73. The number of halogens is 3. The first-order chi connectivity index (χ1) is 13.9. The summed E-state index contributed by atoms with van der Waals surface area (Å²) in [6, 6.07) is 7.14. The second kappa shape index (κ2) is 7.50. The number of fused-ring (bicyclic) bond motifs is 1. The highest BCUT2D eigenvalue weighted by Crippen LogP contribution is 2.35. The lowest BCUT2D eigenvalue weighted by Crippen LogP contribution is -2.43. The molecule has 0 saturated heterocycles. The third-order valence-electron chi connectivity index (χ3n) is 4.69. The zero-order valence-corrected chi connectivity index (χ0v) is 15.1. The van der Waals surface area contributed by atoms with E-state index in [0.29, 0.717) is 29.9 Å². The molecule has 1 atom stereocenters. The lowest BCUT2D eigenvalue weighted by molar-refractivity contribution is -0.137. The van der Waals surface area contributed by atoms with Crippen LogP contribution in [0.3, 0.4) is 0 Å². The summed E-state index contributed by atoms with van der Waals surface area (Å²) in [5, 5.41) is 2.77. The second-order valence-electron chi connectivity index (χ2n) is 6.53. The predicted molar refractivity (Wildman–Crippen MR) is 99.0 cm³/mol. The normalized spacial score (nSPS) is 16.2. The van der Waals surface area contributed by atoms with Crippen LogP contribution in [0.15, 0.2) is 61.2 Å². The Bertz CT molecular complexity index is 1010. The molecule has 3 aromatic rings. The molecule has 1 N–H and O–H groups in total. The molecule has 1 aliphatic heterocycles. The monoisotopic (exact) mass is 399 g/mol. The maximum absolute atomic E-state index is 12.9. The van der Waals surface area contributed by atoms with Crippen molar-refractivity contribution in [2.75, 3.05) is 11.9 Å². The number of amides is 2. The number of hydrogen-bond acceptors (Lipinski definition) is 4. The number of rotatable bonds is 2. The van der Waals surface area contributed by atoms with Gasteiger partial charge in [0.15, 0.2) is 0 Å². The van der Waals surface area contributed by atoms with Crippen LogP contribution in [0.2, 0.25) is 0 Å². The number of hydrogen-bond donors (Lipinski definition) is 1. The first-order valence-electron chi connectivity index (χ1n) is 8.88. The molecule has 0 spiro atoms. The van der Waals surface area contributed by atoms with Crippen LogP contribution < -0.4 is 5.32 Å². The topological polar surface area (TPSA) is 71.0 Å². The summed E-state index contributed by atoms with van der Waals surface area (Å²) in [5.74, 6) is 0. The minimum Gasteiger partial charge on any atom is -0.311 e. The Kier molecular flexibility index (Phi) is 4.87. The third kappa shape index (κ3) is 3.89. The number of alkyl halides is 3. The average molecular weight is 399 g/mol. The number of urea groups is 1. The smallest absolute Gasteiger partial charge is 0.311 e. The minimum absolute atomic E-state index is 0.351. The van der Waals surface area contributed by atoms with Crippen molar-refractivity contribution in [1.29, 1.82) is 0 Å². The van der Waals surface area contributed by atoms with E-state index in [0.717, 1.165) is 17.8 Å². The van der Waals surface area contributed by atoms with E-state index in [9.17, 15) is 18.0 Å². The maximum Gasteiger partial charge on any atom is 0.416 e. The summed E-state index contributed by atoms with van der Waals surface area (Å²) in [5.41, 5.74) is 1.58. The molecule has 0 fully saturated rings. The molecular weight excluding hydrogens is 383 g/mol. The molecule has 4 rings (SSSR count). The van der Waals surface area contributed by atoms with Crippen LogP contribution in [0.5, 0.6) is 0 Å². The Hall–Kier alpha value is -3.49. The van der Waals surface area contributed by atoms with E-state index in [-0.39, 0.29) is 6.03 Å². The molecule has 3 heterocycles. The van der Waals surface area contributed by atoms with Gasteiger partial charge in [0.2, 0.25) is 0 Å². The van der Waals surface area contributed by atoms with Crippen molar-refractivity contribution in [3.8, 4) is 0 Å². The van der Waals surface area contributed by atoms with Crippen LogP contribution in [0.4, 0.5) is 23.7 Å². The molecule has 1 aliphatic rings. The molecule has 2 amide bonds. The predicted octanol–water partition coefficient (Wildman–Crippen LogP) is 4.07. The van der Waals surface area contributed by atoms with Gasteiger partial charge in [-0.1, -0.05) is 12.1 Å². The molecule has 0 unspecified atom stereocenters. The summed E-state index contributed by atoms with van der Waals surface area (Å²) in [6.07, 6.45) is 2.25. The Labute approximate surface area is 164 Å². The van der Waals surface area contributed by atoms with Gasteiger partial charge in [-0.25, -0.2) is 4.79 Å². The van der Waals surface area contributed by atoms with Crippen LogP contribution >= 0.6 is 0 Å². The lowest BCUT2D eigenvalue weighted by atomic mass is 9.94. The summed E-state index contributed by atoms with van der Waals surface area (Å²) in [7, 11) is 0. The maximum atomic E-state index is 12.9. The first-order valence-corrected chi connectivity index (χ1v) is 8.88. The van der Waals surface area contributed by atoms with Gasteiger partial charge in [-0.05, 0) is 29.8 Å². The number of nitrogens with zero attached hydrogens (tertiary/aromatic N) is 4. The van der Waals surface area contributed by atoms with Crippen LogP contribution in [-0.2, 0) is 12.6 Å².